The van der Waals surface area contributed by atoms with Gasteiger partial charge in [0.1, 0.15) is 6.29 Å². The van der Waals surface area contributed by atoms with Crippen LogP contribution in [0, 0.1) is 0 Å². The van der Waals surface area contributed by atoms with Crippen molar-refractivity contribution >= 4 is 6.29 Å². The summed E-state index contributed by atoms with van der Waals surface area (Å²) >= 11 is 0. The predicted octanol–water partition coefficient (Wildman–Crippen LogP) is 3.79. The Balaban J connectivity index is 2.25. The van der Waals surface area contributed by atoms with E-state index in [9.17, 15) is 4.79 Å². The molecule has 0 atom stereocenters. The molecule has 0 amide bonds. The van der Waals surface area contributed by atoms with Gasteiger partial charge in [0.25, 0.3) is 0 Å². The fourth-order valence-electron chi connectivity index (χ4n) is 1.56. The van der Waals surface area contributed by atoms with E-state index < -0.39 is 0 Å². The van der Waals surface area contributed by atoms with Gasteiger partial charge >= 0.3 is 0 Å². The topological polar surface area (TPSA) is 17.1 Å². The first-order valence-electron chi connectivity index (χ1n) is 5.52. The van der Waals surface area contributed by atoms with Crippen LogP contribution in [0.2, 0.25) is 0 Å². The van der Waals surface area contributed by atoms with E-state index in [-0.39, 0.29) is 0 Å². The van der Waals surface area contributed by atoms with Gasteiger partial charge in [0.05, 0.1) is 0 Å². The van der Waals surface area contributed by atoms with E-state index in [0.717, 1.165) is 24.7 Å². The Morgan fingerprint density at radius 2 is 1.80 bits per heavy atom. The maximum absolute atomic E-state index is 10.4. The van der Waals surface area contributed by atoms with Gasteiger partial charge in [0.2, 0.25) is 0 Å². The first kappa shape index (κ1) is 11.7. The van der Waals surface area contributed by atoms with Gasteiger partial charge < -0.3 is 0 Å². The highest BCUT2D eigenvalue weighted by molar-refractivity contribution is 5.74. The summed E-state index contributed by atoms with van der Waals surface area (Å²) in [6.07, 6.45) is 8.78. The first-order valence-corrected chi connectivity index (χ1v) is 5.52. The van der Waals surface area contributed by atoms with Crippen molar-refractivity contribution in [2.45, 2.75) is 32.1 Å². The molecule has 0 radical (unpaired) electrons. The highest BCUT2D eigenvalue weighted by Gasteiger charge is 1.94. The summed E-state index contributed by atoms with van der Waals surface area (Å²) in [5.41, 5.74) is 2.07. The van der Waals surface area contributed by atoms with E-state index in [1.165, 1.54) is 24.8 Å². The van der Waals surface area contributed by atoms with Crippen LogP contribution >= 0.6 is 0 Å². The lowest BCUT2D eigenvalue weighted by Gasteiger charge is -2.01. The maximum Gasteiger partial charge on any atom is 0.150 e. The van der Waals surface area contributed by atoms with Gasteiger partial charge in [-0.05, 0) is 31.2 Å². The Kier molecular flexibility index (Phi) is 5.46. The zero-order valence-corrected chi connectivity index (χ0v) is 9.11. The normalized spacial score (nSPS) is 9.87. The van der Waals surface area contributed by atoms with Gasteiger partial charge in [0.15, 0.2) is 0 Å². The third kappa shape index (κ3) is 4.59. The van der Waals surface area contributed by atoms with Gasteiger partial charge in [-0.15, -0.1) is 6.58 Å². The third-order valence-electron chi connectivity index (χ3n) is 2.49. The van der Waals surface area contributed by atoms with Crippen molar-refractivity contribution in [1.29, 1.82) is 0 Å². The standard InChI is InChI=1S/C14H18O/c1-2-3-4-5-6-7-13-8-10-14(12-15)11-9-13/h2,8-12H,1,3-7H2. The number of unbranched alkanes of at least 4 members (excludes halogenated alkanes) is 3. The monoisotopic (exact) mass is 202 g/mol. The van der Waals surface area contributed by atoms with E-state index in [0.29, 0.717) is 0 Å². The van der Waals surface area contributed by atoms with Crippen molar-refractivity contribution < 1.29 is 4.79 Å². The van der Waals surface area contributed by atoms with Crippen LogP contribution in [0.5, 0.6) is 0 Å². The first-order chi connectivity index (χ1) is 7.36. The molecule has 1 nitrogen and oxygen atoms in total. The molecule has 0 saturated heterocycles. The second kappa shape index (κ2) is 6.99. The summed E-state index contributed by atoms with van der Waals surface area (Å²) in [6.45, 7) is 3.70. The molecule has 1 heteroatoms. The van der Waals surface area contributed by atoms with Crippen LogP contribution in [-0.4, -0.2) is 6.29 Å². The van der Waals surface area contributed by atoms with Crippen LogP contribution in [0.4, 0.5) is 0 Å². The van der Waals surface area contributed by atoms with Crippen molar-refractivity contribution in [3.63, 3.8) is 0 Å². The lowest BCUT2D eigenvalue weighted by molar-refractivity contribution is 0.112. The van der Waals surface area contributed by atoms with E-state index in [1.54, 1.807) is 0 Å². The largest absolute Gasteiger partial charge is 0.298 e. The molecule has 0 aliphatic carbocycles. The van der Waals surface area contributed by atoms with Crippen LogP contribution in [0.25, 0.3) is 0 Å². The maximum atomic E-state index is 10.4. The second-order valence-electron chi connectivity index (χ2n) is 3.75. The Morgan fingerprint density at radius 1 is 1.07 bits per heavy atom. The van der Waals surface area contributed by atoms with Gasteiger partial charge in [-0.3, -0.25) is 4.79 Å². The molecular formula is C14H18O. The van der Waals surface area contributed by atoms with Crippen LogP contribution in [-0.2, 0) is 6.42 Å². The molecule has 1 aromatic rings. The molecule has 80 valence electrons. The number of carbonyl (C=O) groups is 1. The summed E-state index contributed by atoms with van der Waals surface area (Å²) in [7, 11) is 0. The fourth-order valence-corrected chi connectivity index (χ4v) is 1.56. The van der Waals surface area contributed by atoms with Gasteiger partial charge in [-0.25, -0.2) is 0 Å². The van der Waals surface area contributed by atoms with Crippen molar-refractivity contribution in [3.8, 4) is 0 Å². The van der Waals surface area contributed by atoms with E-state index in [4.69, 9.17) is 0 Å². The molecule has 15 heavy (non-hydrogen) atoms. The number of benzene rings is 1. The molecule has 0 bridgehead atoms. The van der Waals surface area contributed by atoms with Gasteiger partial charge in [0, 0.05) is 5.56 Å². The average Bonchev–Trinajstić information content (AvgIpc) is 2.30. The molecule has 0 spiro atoms. The summed E-state index contributed by atoms with van der Waals surface area (Å²) in [5.74, 6) is 0. The minimum Gasteiger partial charge on any atom is -0.298 e. The molecule has 0 fully saturated rings. The number of hydrogen-bond acceptors (Lipinski definition) is 1. The van der Waals surface area contributed by atoms with E-state index in [2.05, 4.69) is 6.58 Å². The number of allylic oxidation sites excluding steroid dienone is 1. The summed E-state index contributed by atoms with van der Waals surface area (Å²) in [6, 6.07) is 7.84. The highest BCUT2D eigenvalue weighted by Crippen LogP contribution is 2.09. The molecular weight excluding hydrogens is 184 g/mol. The van der Waals surface area contributed by atoms with Crippen LogP contribution in [0.15, 0.2) is 36.9 Å². The zero-order valence-electron chi connectivity index (χ0n) is 9.11. The van der Waals surface area contributed by atoms with E-state index in [1.807, 2.05) is 30.3 Å². The Morgan fingerprint density at radius 3 is 2.40 bits per heavy atom. The molecule has 0 heterocycles. The van der Waals surface area contributed by atoms with Crippen molar-refractivity contribution in [1.82, 2.24) is 0 Å². The lowest BCUT2D eigenvalue weighted by Crippen LogP contribution is -1.87. The van der Waals surface area contributed by atoms with Crippen molar-refractivity contribution in [3.05, 3.63) is 48.0 Å². The van der Waals surface area contributed by atoms with Crippen LogP contribution < -0.4 is 0 Å². The molecule has 0 aliphatic heterocycles. The summed E-state index contributed by atoms with van der Waals surface area (Å²) in [4.78, 5) is 10.4. The molecule has 0 N–H and O–H groups in total. The molecule has 1 rings (SSSR count). The zero-order chi connectivity index (χ0) is 10.9. The number of hydrogen-bond donors (Lipinski definition) is 0. The molecule has 0 aromatic heterocycles. The number of aldehydes is 1. The summed E-state index contributed by atoms with van der Waals surface area (Å²) in [5, 5.41) is 0. The molecule has 0 aliphatic rings. The quantitative estimate of drug-likeness (QED) is 0.373. The molecule has 0 saturated carbocycles. The molecule has 0 unspecified atom stereocenters. The average molecular weight is 202 g/mol. The van der Waals surface area contributed by atoms with E-state index >= 15 is 0 Å². The van der Waals surface area contributed by atoms with Crippen LogP contribution in [0.3, 0.4) is 0 Å². The molecule has 1 aromatic carbocycles. The number of rotatable bonds is 7. The Labute approximate surface area is 91.8 Å². The smallest absolute Gasteiger partial charge is 0.150 e. The Hall–Kier alpha value is -1.37. The minimum absolute atomic E-state index is 0.755. The summed E-state index contributed by atoms with van der Waals surface area (Å²) < 4.78 is 0. The predicted molar refractivity (Wildman–Crippen MR) is 64.2 cm³/mol. The number of aryl methyl sites for hydroxylation is 1. The van der Waals surface area contributed by atoms with Crippen LogP contribution in [0.1, 0.15) is 41.6 Å². The van der Waals surface area contributed by atoms with Gasteiger partial charge in [-0.2, -0.15) is 0 Å². The minimum atomic E-state index is 0.755. The number of carbonyl (C=O) groups excluding carboxylic acids is 1. The SMILES string of the molecule is C=CCCCCCc1ccc(C=O)cc1. The third-order valence-corrected chi connectivity index (χ3v) is 2.49. The highest BCUT2D eigenvalue weighted by atomic mass is 16.1. The van der Waals surface area contributed by atoms with Crippen molar-refractivity contribution in [2.24, 2.45) is 0 Å². The lowest BCUT2D eigenvalue weighted by atomic mass is 10.0. The second-order valence-corrected chi connectivity index (χ2v) is 3.75. The van der Waals surface area contributed by atoms with Crippen molar-refractivity contribution in [2.75, 3.05) is 0 Å². The van der Waals surface area contributed by atoms with Gasteiger partial charge in [-0.1, -0.05) is 36.8 Å². The Bertz CT molecular complexity index is 298. The fraction of sp³-hybridized carbons (Fsp3) is 0.357.